The minimum absolute atomic E-state index is 0.266. The highest BCUT2D eigenvalue weighted by Crippen LogP contribution is 2.27. The van der Waals surface area contributed by atoms with Gasteiger partial charge in [-0.05, 0) is 18.2 Å². The van der Waals surface area contributed by atoms with Crippen molar-refractivity contribution in [2.45, 2.75) is 6.04 Å². The van der Waals surface area contributed by atoms with Crippen molar-refractivity contribution < 1.29 is 0 Å². The van der Waals surface area contributed by atoms with Crippen molar-refractivity contribution in [1.82, 2.24) is 5.32 Å². The molecule has 0 saturated heterocycles. The molecule has 0 amide bonds. The van der Waals surface area contributed by atoms with E-state index in [0.29, 0.717) is 0 Å². The summed E-state index contributed by atoms with van der Waals surface area (Å²) in [4.78, 5) is 6.26. The Morgan fingerprint density at radius 1 is 1.20 bits per heavy atom. The second-order valence-electron chi connectivity index (χ2n) is 3.52. The third-order valence-corrected chi connectivity index (χ3v) is 2.59. The number of para-hydroxylation sites is 1. The minimum Gasteiger partial charge on any atom is -0.364 e. The third kappa shape index (κ3) is 1.32. The lowest BCUT2D eigenvalue weighted by molar-refractivity contribution is 0.831. The Kier molecular flexibility index (Phi) is 1.81. The molecule has 3 heteroatoms. The van der Waals surface area contributed by atoms with Crippen LogP contribution in [-0.4, -0.2) is 12.4 Å². The van der Waals surface area contributed by atoms with E-state index in [9.17, 15) is 0 Å². The van der Waals surface area contributed by atoms with Crippen molar-refractivity contribution in [2.75, 3.05) is 4.90 Å². The van der Waals surface area contributed by atoms with Crippen LogP contribution in [0.4, 0.5) is 5.69 Å². The van der Waals surface area contributed by atoms with Crippen LogP contribution in [0.3, 0.4) is 0 Å². The normalized spacial score (nSPS) is 22.3. The van der Waals surface area contributed by atoms with Gasteiger partial charge in [0.15, 0.2) is 0 Å². The number of benzene rings is 1. The third-order valence-electron chi connectivity index (χ3n) is 2.59. The number of fused-ring (bicyclic) bond motifs is 1. The average Bonchev–Trinajstić information content (AvgIpc) is 2.74. The molecule has 3 nitrogen and oxygen atoms in total. The first-order valence-electron chi connectivity index (χ1n) is 4.95. The van der Waals surface area contributed by atoms with Crippen molar-refractivity contribution in [3.05, 3.63) is 54.5 Å². The summed E-state index contributed by atoms with van der Waals surface area (Å²) < 4.78 is 0. The molecule has 2 aliphatic heterocycles. The summed E-state index contributed by atoms with van der Waals surface area (Å²) in [7, 11) is 0. The van der Waals surface area contributed by atoms with Gasteiger partial charge >= 0.3 is 0 Å². The zero-order valence-electron chi connectivity index (χ0n) is 8.17. The summed E-state index contributed by atoms with van der Waals surface area (Å²) >= 11 is 0. The molecule has 1 unspecified atom stereocenters. The molecule has 0 aliphatic carbocycles. The molecule has 1 aromatic carbocycles. The number of anilines is 1. The van der Waals surface area contributed by atoms with Crippen molar-refractivity contribution in [3.63, 3.8) is 0 Å². The van der Waals surface area contributed by atoms with Crippen molar-refractivity contribution >= 4 is 12.0 Å². The zero-order chi connectivity index (χ0) is 10.1. The van der Waals surface area contributed by atoms with Crippen molar-refractivity contribution in [2.24, 2.45) is 4.99 Å². The van der Waals surface area contributed by atoms with E-state index in [2.05, 4.69) is 39.6 Å². The molecule has 2 heterocycles. The number of nitrogens with one attached hydrogen (secondary N) is 1. The zero-order valence-corrected chi connectivity index (χ0v) is 8.17. The van der Waals surface area contributed by atoms with Crippen LogP contribution in [0.2, 0.25) is 0 Å². The highest BCUT2D eigenvalue weighted by atomic mass is 15.2. The fraction of sp³-hybridized carbons (Fsp3) is 0.0833. The number of hydrogen-bond acceptors (Lipinski definition) is 3. The first kappa shape index (κ1) is 8.29. The number of nitrogens with zero attached hydrogens (tertiary/aromatic N) is 2. The molecule has 1 N–H and O–H groups in total. The Hall–Kier alpha value is -2.03. The maximum absolute atomic E-state index is 4.12. The Bertz CT molecular complexity index is 445. The molecule has 74 valence electrons. The molecule has 0 fully saturated rings. The molecule has 0 saturated carbocycles. The quantitative estimate of drug-likeness (QED) is 0.744. The lowest BCUT2D eigenvalue weighted by atomic mass is 10.2. The van der Waals surface area contributed by atoms with Crippen LogP contribution < -0.4 is 10.2 Å². The van der Waals surface area contributed by atoms with Gasteiger partial charge in [0.05, 0.1) is 24.3 Å². The lowest BCUT2D eigenvalue weighted by Crippen LogP contribution is -2.32. The van der Waals surface area contributed by atoms with Crippen LogP contribution in [0.15, 0.2) is 59.5 Å². The van der Waals surface area contributed by atoms with Crippen LogP contribution in [-0.2, 0) is 0 Å². The number of rotatable bonds is 1. The monoisotopic (exact) mass is 197 g/mol. The molecule has 1 atom stereocenters. The second-order valence-corrected chi connectivity index (χ2v) is 3.52. The Morgan fingerprint density at radius 2 is 2.07 bits per heavy atom. The van der Waals surface area contributed by atoms with E-state index in [1.54, 1.807) is 6.34 Å². The molecule has 0 bridgehead atoms. The van der Waals surface area contributed by atoms with Crippen LogP contribution in [0.1, 0.15) is 0 Å². The summed E-state index contributed by atoms with van der Waals surface area (Å²) in [6.45, 7) is 0. The minimum atomic E-state index is 0.266. The van der Waals surface area contributed by atoms with Crippen molar-refractivity contribution in [1.29, 1.82) is 0 Å². The van der Waals surface area contributed by atoms with Gasteiger partial charge in [-0.3, -0.25) is 0 Å². The first-order chi connectivity index (χ1) is 7.45. The topological polar surface area (TPSA) is 27.6 Å². The highest BCUT2D eigenvalue weighted by Gasteiger charge is 2.24. The van der Waals surface area contributed by atoms with E-state index in [-0.39, 0.29) is 6.04 Å². The molecule has 0 spiro atoms. The fourth-order valence-corrected chi connectivity index (χ4v) is 1.85. The van der Waals surface area contributed by atoms with Crippen LogP contribution in [0, 0.1) is 0 Å². The molecule has 1 aromatic rings. The van der Waals surface area contributed by atoms with Gasteiger partial charge in [-0.25, -0.2) is 4.99 Å². The van der Waals surface area contributed by atoms with E-state index >= 15 is 0 Å². The van der Waals surface area contributed by atoms with Gasteiger partial charge in [-0.1, -0.05) is 18.2 Å². The predicted molar refractivity (Wildman–Crippen MR) is 61.6 cm³/mol. The van der Waals surface area contributed by atoms with Crippen molar-refractivity contribution in [3.8, 4) is 0 Å². The molecule has 15 heavy (non-hydrogen) atoms. The van der Waals surface area contributed by atoms with Crippen LogP contribution >= 0.6 is 0 Å². The predicted octanol–water partition coefficient (Wildman–Crippen LogP) is 1.86. The van der Waals surface area contributed by atoms with E-state index in [1.807, 2.05) is 24.4 Å². The highest BCUT2D eigenvalue weighted by molar-refractivity contribution is 5.67. The second kappa shape index (κ2) is 3.28. The molecule has 0 aromatic heterocycles. The fourth-order valence-electron chi connectivity index (χ4n) is 1.85. The van der Waals surface area contributed by atoms with E-state index in [1.165, 1.54) is 11.4 Å². The summed E-state index contributed by atoms with van der Waals surface area (Å²) in [6.07, 6.45) is 7.83. The van der Waals surface area contributed by atoms with Crippen LogP contribution in [0.5, 0.6) is 0 Å². The summed E-state index contributed by atoms with van der Waals surface area (Å²) in [5, 5.41) is 3.19. The Balaban J connectivity index is 1.98. The van der Waals surface area contributed by atoms with Gasteiger partial charge in [0.2, 0.25) is 0 Å². The average molecular weight is 197 g/mol. The van der Waals surface area contributed by atoms with Gasteiger partial charge in [0, 0.05) is 11.9 Å². The van der Waals surface area contributed by atoms with E-state index in [0.717, 1.165) is 0 Å². The molecular formula is C12H11N3. The van der Waals surface area contributed by atoms with E-state index < -0.39 is 0 Å². The first-order valence-corrected chi connectivity index (χ1v) is 4.95. The molecule has 2 aliphatic rings. The van der Waals surface area contributed by atoms with Gasteiger partial charge in [-0.2, -0.15) is 0 Å². The van der Waals surface area contributed by atoms with Gasteiger partial charge in [-0.15, -0.1) is 0 Å². The SMILES string of the molecule is C1=CN(c2ccccc2)C2=CN=CNC12. The van der Waals surface area contributed by atoms with Gasteiger partial charge < -0.3 is 10.2 Å². The Morgan fingerprint density at radius 3 is 2.93 bits per heavy atom. The lowest BCUT2D eigenvalue weighted by Gasteiger charge is -2.23. The number of aliphatic imine (C=N–C) groups is 1. The van der Waals surface area contributed by atoms with Gasteiger partial charge in [0.25, 0.3) is 0 Å². The van der Waals surface area contributed by atoms with Gasteiger partial charge in [0.1, 0.15) is 0 Å². The maximum atomic E-state index is 4.12. The smallest absolute Gasteiger partial charge is 0.0893 e. The summed E-state index contributed by atoms with van der Waals surface area (Å²) in [6, 6.07) is 10.5. The maximum Gasteiger partial charge on any atom is 0.0893 e. The largest absolute Gasteiger partial charge is 0.364 e. The summed E-state index contributed by atoms with van der Waals surface area (Å²) in [5.41, 5.74) is 2.34. The van der Waals surface area contributed by atoms with Crippen LogP contribution in [0.25, 0.3) is 0 Å². The van der Waals surface area contributed by atoms with E-state index in [4.69, 9.17) is 0 Å². The molecular weight excluding hydrogens is 186 g/mol. The Labute approximate surface area is 88.4 Å². The molecule has 0 radical (unpaired) electrons. The number of hydrogen-bond donors (Lipinski definition) is 1. The molecule has 3 rings (SSSR count). The summed E-state index contributed by atoms with van der Waals surface area (Å²) in [5.74, 6) is 0. The standard InChI is InChI=1S/C12H11N3/c1-2-4-10(5-3-1)15-7-6-11-12(15)8-13-9-14-11/h1-9,11H,(H,13,14).